The molecule has 0 aromatic carbocycles. The summed E-state index contributed by atoms with van der Waals surface area (Å²) in [6.45, 7) is 1.94. The Labute approximate surface area is 112 Å². The summed E-state index contributed by atoms with van der Waals surface area (Å²) in [7, 11) is -3.25. The van der Waals surface area contributed by atoms with Gasteiger partial charge < -0.3 is 10.0 Å². The summed E-state index contributed by atoms with van der Waals surface area (Å²) in [5.74, 6) is 0.639. The molecule has 0 bridgehead atoms. The summed E-state index contributed by atoms with van der Waals surface area (Å²) in [5, 5.41) is 8.71. The van der Waals surface area contributed by atoms with Gasteiger partial charge in [0.25, 0.3) is 0 Å². The quantitative estimate of drug-likeness (QED) is 0.771. The van der Waals surface area contributed by atoms with E-state index in [0.29, 0.717) is 32.1 Å². The highest BCUT2D eigenvalue weighted by Crippen LogP contribution is 2.13. The first kappa shape index (κ1) is 14.2. The second-order valence-corrected chi connectivity index (χ2v) is 6.42. The maximum Gasteiger partial charge on any atom is 0.225 e. The van der Waals surface area contributed by atoms with Crippen LogP contribution < -0.4 is 4.90 Å². The predicted molar refractivity (Wildman–Crippen MR) is 71.3 cm³/mol. The lowest BCUT2D eigenvalue weighted by molar-refractivity contribution is 0.293. The molecular weight excluding hydrogens is 268 g/mol. The number of aromatic nitrogens is 2. The molecule has 1 aromatic rings. The van der Waals surface area contributed by atoms with E-state index in [4.69, 9.17) is 5.11 Å². The van der Waals surface area contributed by atoms with Gasteiger partial charge in [0.2, 0.25) is 16.0 Å². The van der Waals surface area contributed by atoms with E-state index in [1.54, 1.807) is 18.5 Å². The predicted octanol–water partition coefficient (Wildman–Crippen LogP) is -0.689. The first-order valence-corrected chi connectivity index (χ1v) is 7.85. The molecule has 0 aliphatic carbocycles. The van der Waals surface area contributed by atoms with Crippen LogP contribution >= 0.6 is 0 Å². The Morgan fingerprint density at radius 2 is 1.79 bits per heavy atom. The van der Waals surface area contributed by atoms with Crippen molar-refractivity contribution in [3.05, 3.63) is 18.5 Å². The molecule has 1 saturated heterocycles. The van der Waals surface area contributed by atoms with Gasteiger partial charge >= 0.3 is 0 Å². The highest BCUT2D eigenvalue weighted by atomic mass is 32.2. The molecule has 1 aliphatic rings. The van der Waals surface area contributed by atoms with Gasteiger partial charge in [-0.2, -0.15) is 4.31 Å². The Morgan fingerprint density at radius 1 is 1.16 bits per heavy atom. The van der Waals surface area contributed by atoms with Crippen LogP contribution in [0.5, 0.6) is 0 Å². The molecule has 0 spiro atoms. The van der Waals surface area contributed by atoms with Gasteiger partial charge in [0, 0.05) is 45.2 Å². The Morgan fingerprint density at radius 3 is 2.37 bits per heavy atom. The van der Waals surface area contributed by atoms with Crippen LogP contribution in [0, 0.1) is 0 Å². The third-order valence-electron chi connectivity index (χ3n) is 3.03. The Balaban J connectivity index is 1.92. The standard InChI is InChI=1S/C11H18N4O3S/c16-9-2-10-19(17,18)15-7-5-14(6-8-15)11-12-3-1-4-13-11/h1,3-4,16H,2,5-10H2. The smallest absolute Gasteiger partial charge is 0.225 e. The number of sulfonamides is 1. The Bertz CT molecular complexity index is 486. The van der Waals surface area contributed by atoms with Crippen LogP contribution in [0.25, 0.3) is 0 Å². The van der Waals surface area contributed by atoms with E-state index < -0.39 is 10.0 Å². The van der Waals surface area contributed by atoms with E-state index in [-0.39, 0.29) is 18.8 Å². The van der Waals surface area contributed by atoms with Crippen molar-refractivity contribution in [1.29, 1.82) is 0 Å². The minimum Gasteiger partial charge on any atom is -0.396 e. The molecule has 8 heteroatoms. The van der Waals surface area contributed by atoms with Crippen molar-refractivity contribution >= 4 is 16.0 Å². The molecule has 2 rings (SSSR count). The number of hydrogen-bond donors (Lipinski definition) is 1. The van der Waals surface area contributed by atoms with Crippen LogP contribution in [0.3, 0.4) is 0 Å². The summed E-state index contributed by atoms with van der Waals surface area (Å²) in [4.78, 5) is 10.3. The second-order valence-electron chi connectivity index (χ2n) is 4.33. The second kappa shape index (κ2) is 6.27. The summed E-state index contributed by atoms with van der Waals surface area (Å²) in [6.07, 6.45) is 3.63. The molecule has 7 nitrogen and oxygen atoms in total. The minimum absolute atomic E-state index is 0.00529. The summed E-state index contributed by atoms with van der Waals surface area (Å²) < 4.78 is 25.4. The maximum absolute atomic E-state index is 12.0. The average molecular weight is 286 g/mol. The molecule has 0 unspecified atom stereocenters. The zero-order valence-corrected chi connectivity index (χ0v) is 11.5. The van der Waals surface area contributed by atoms with Gasteiger partial charge in [-0.1, -0.05) is 0 Å². The molecule has 1 aliphatic heterocycles. The number of nitrogens with zero attached hydrogens (tertiary/aromatic N) is 4. The lowest BCUT2D eigenvalue weighted by atomic mass is 10.4. The van der Waals surface area contributed by atoms with Crippen molar-refractivity contribution in [3.63, 3.8) is 0 Å². The molecular formula is C11H18N4O3S. The Hall–Kier alpha value is -1.25. The first-order valence-electron chi connectivity index (χ1n) is 6.24. The molecule has 19 heavy (non-hydrogen) atoms. The molecule has 0 amide bonds. The number of hydrogen-bond acceptors (Lipinski definition) is 6. The van der Waals surface area contributed by atoms with Crippen molar-refractivity contribution in [3.8, 4) is 0 Å². The zero-order valence-electron chi connectivity index (χ0n) is 10.6. The van der Waals surface area contributed by atoms with Crippen molar-refractivity contribution in [2.45, 2.75) is 6.42 Å². The van der Waals surface area contributed by atoms with Crippen molar-refractivity contribution in [2.24, 2.45) is 0 Å². The van der Waals surface area contributed by atoms with E-state index in [2.05, 4.69) is 9.97 Å². The maximum atomic E-state index is 12.0. The largest absolute Gasteiger partial charge is 0.396 e. The minimum atomic E-state index is -3.25. The molecule has 1 aromatic heterocycles. The molecule has 0 atom stereocenters. The fraction of sp³-hybridized carbons (Fsp3) is 0.636. The van der Waals surface area contributed by atoms with Gasteiger partial charge in [-0.05, 0) is 12.5 Å². The third kappa shape index (κ3) is 3.62. The van der Waals surface area contributed by atoms with Crippen molar-refractivity contribution in [1.82, 2.24) is 14.3 Å². The van der Waals surface area contributed by atoms with Crippen LogP contribution in [0.1, 0.15) is 6.42 Å². The number of piperazine rings is 1. The van der Waals surface area contributed by atoms with Crippen molar-refractivity contribution in [2.75, 3.05) is 43.4 Å². The van der Waals surface area contributed by atoms with E-state index in [1.165, 1.54) is 4.31 Å². The molecule has 1 fully saturated rings. The Kier molecular flexibility index (Phi) is 4.67. The molecule has 0 saturated carbocycles. The van der Waals surface area contributed by atoms with Gasteiger partial charge in [0.1, 0.15) is 0 Å². The SMILES string of the molecule is O=S(=O)(CCCO)N1CCN(c2ncccn2)CC1. The van der Waals surface area contributed by atoms with Crippen LogP contribution in [0.15, 0.2) is 18.5 Å². The van der Waals surface area contributed by atoms with E-state index >= 15 is 0 Å². The monoisotopic (exact) mass is 286 g/mol. The first-order chi connectivity index (χ1) is 9.13. The number of aliphatic hydroxyl groups is 1. The summed E-state index contributed by atoms with van der Waals surface area (Å²) in [5.41, 5.74) is 0. The lowest BCUT2D eigenvalue weighted by Crippen LogP contribution is -2.49. The van der Waals surface area contributed by atoms with Crippen molar-refractivity contribution < 1.29 is 13.5 Å². The fourth-order valence-electron chi connectivity index (χ4n) is 2.00. The topological polar surface area (TPSA) is 86.6 Å². The molecule has 1 N–H and O–H groups in total. The highest BCUT2D eigenvalue weighted by Gasteiger charge is 2.27. The normalized spacial score (nSPS) is 17.6. The molecule has 0 radical (unpaired) electrons. The van der Waals surface area contributed by atoms with E-state index in [1.807, 2.05) is 4.90 Å². The fourth-order valence-corrected chi connectivity index (χ4v) is 3.47. The third-order valence-corrected chi connectivity index (χ3v) is 4.98. The highest BCUT2D eigenvalue weighted by molar-refractivity contribution is 7.89. The van der Waals surface area contributed by atoms with Gasteiger partial charge in [0.05, 0.1) is 5.75 Å². The van der Waals surface area contributed by atoms with Gasteiger partial charge in [0.15, 0.2) is 0 Å². The van der Waals surface area contributed by atoms with E-state index in [0.717, 1.165) is 0 Å². The summed E-state index contributed by atoms with van der Waals surface area (Å²) >= 11 is 0. The van der Waals surface area contributed by atoms with Gasteiger partial charge in [-0.15, -0.1) is 0 Å². The zero-order chi connectivity index (χ0) is 13.7. The summed E-state index contributed by atoms with van der Waals surface area (Å²) in [6, 6.07) is 1.75. The molecule has 2 heterocycles. The van der Waals surface area contributed by atoms with Gasteiger partial charge in [-0.25, -0.2) is 18.4 Å². The van der Waals surface area contributed by atoms with Gasteiger partial charge in [-0.3, -0.25) is 0 Å². The van der Waals surface area contributed by atoms with Crippen LogP contribution in [0.2, 0.25) is 0 Å². The van der Waals surface area contributed by atoms with Crippen LogP contribution in [-0.2, 0) is 10.0 Å². The number of anilines is 1. The lowest BCUT2D eigenvalue weighted by Gasteiger charge is -2.33. The average Bonchev–Trinajstić information content (AvgIpc) is 2.46. The van der Waals surface area contributed by atoms with E-state index in [9.17, 15) is 8.42 Å². The van der Waals surface area contributed by atoms with Crippen LogP contribution in [0.4, 0.5) is 5.95 Å². The number of aliphatic hydroxyl groups excluding tert-OH is 1. The van der Waals surface area contributed by atoms with Crippen LogP contribution in [-0.4, -0.2) is 66.3 Å². The number of rotatable bonds is 5. The molecule has 106 valence electrons.